The van der Waals surface area contributed by atoms with Gasteiger partial charge in [-0.2, -0.15) is 13.2 Å². The van der Waals surface area contributed by atoms with Gasteiger partial charge in [-0.05, 0) is 56.5 Å². The molecular weight excluding hydrogens is 385 g/mol. The molecule has 3 N–H and O–H groups in total. The number of nitrogens with zero attached hydrogens (tertiary/aromatic N) is 1. The minimum atomic E-state index is -4.50. The summed E-state index contributed by atoms with van der Waals surface area (Å²) in [4.78, 5) is 11.1. The highest BCUT2D eigenvalue weighted by Crippen LogP contribution is 2.40. The van der Waals surface area contributed by atoms with Crippen LogP contribution in [0.2, 0.25) is 0 Å². The second-order valence-electron chi connectivity index (χ2n) is 6.95. The Kier molecular flexibility index (Phi) is 6.26. The van der Waals surface area contributed by atoms with Gasteiger partial charge in [-0.1, -0.05) is 6.92 Å². The van der Waals surface area contributed by atoms with Gasteiger partial charge in [0, 0.05) is 17.3 Å². The van der Waals surface area contributed by atoms with Gasteiger partial charge in [-0.3, -0.25) is 0 Å². The van der Waals surface area contributed by atoms with Crippen molar-refractivity contribution in [2.24, 2.45) is 5.41 Å². The Labute approximate surface area is 160 Å². The molecule has 0 bridgehead atoms. The van der Waals surface area contributed by atoms with E-state index in [1.165, 1.54) is 12.1 Å². The van der Waals surface area contributed by atoms with Crippen molar-refractivity contribution in [3.05, 3.63) is 34.3 Å². The lowest BCUT2D eigenvalue weighted by Gasteiger charge is -2.40. The van der Waals surface area contributed by atoms with Crippen LogP contribution in [0.15, 0.2) is 27.4 Å². The summed E-state index contributed by atoms with van der Waals surface area (Å²) < 4.78 is 45.1. The van der Waals surface area contributed by atoms with Gasteiger partial charge in [0.15, 0.2) is 0 Å². The van der Waals surface area contributed by atoms with Crippen molar-refractivity contribution in [2.75, 3.05) is 18.4 Å². The number of anilines is 1. The number of piperidine rings is 1. The molecule has 0 aliphatic carbocycles. The van der Waals surface area contributed by atoms with Gasteiger partial charge in [0.05, 0.1) is 5.56 Å². The van der Waals surface area contributed by atoms with Gasteiger partial charge < -0.3 is 15.1 Å². The maximum Gasteiger partial charge on any atom is 0.434 e. The largest absolute Gasteiger partial charge is 0.434 e. The SMILES string of the molecule is CC(Nc1cc(-c2n[nH]c(=O)o2)ccc1C(F)(F)F)C1(C)CCNCC1.Cl. The summed E-state index contributed by atoms with van der Waals surface area (Å²) in [5.74, 6) is -0.808. The first kappa shape index (κ1) is 21.3. The molecule has 0 amide bonds. The predicted molar refractivity (Wildman–Crippen MR) is 98.1 cm³/mol. The topological polar surface area (TPSA) is 83.0 Å². The highest BCUT2D eigenvalue weighted by atomic mass is 35.5. The molecule has 1 aromatic heterocycles. The Balaban J connectivity index is 0.00000261. The lowest BCUT2D eigenvalue weighted by molar-refractivity contribution is -0.137. The molecule has 6 nitrogen and oxygen atoms in total. The monoisotopic (exact) mass is 406 g/mol. The van der Waals surface area contributed by atoms with Gasteiger partial charge in [0.1, 0.15) is 0 Å². The predicted octanol–water partition coefficient (Wildman–Crippen LogP) is 3.66. The van der Waals surface area contributed by atoms with Gasteiger partial charge in [-0.25, -0.2) is 9.89 Å². The highest BCUT2D eigenvalue weighted by molar-refractivity contribution is 5.85. The van der Waals surface area contributed by atoms with Gasteiger partial charge in [0.25, 0.3) is 0 Å². The van der Waals surface area contributed by atoms with E-state index in [9.17, 15) is 18.0 Å². The first-order chi connectivity index (χ1) is 12.2. The zero-order valence-corrected chi connectivity index (χ0v) is 15.8. The molecule has 1 fully saturated rings. The summed E-state index contributed by atoms with van der Waals surface area (Å²) in [7, 11) is 0. The molecule has 10 heteroatoms. The molecule has 1 saturated heterocycles. The third-order valence-electron chi connectivity index (χ3n) is 5.17. The molecule has 3 rings (SSSR count). The van der Waals surface area contributed by atoms with Crippen molar-refractivity contribution in [1.82, 2.24) is 15.5 Å². The molecule has 0 spiro atoms. The van der Waals surface area contributed by atoms with Gasteiger partial charge in [-0.15, -0.1) is 17.5 Å². The molecule has 0 saturated carbocycles. The highest BCUT2D eigenvalue weighted by Gasteiger charge is 2.37. The van der Waals surface area contributed by atoms with Crippen molar-refractivity contribution in [3.8, 4) is 11.5 Å². The lowest BCUT2D eigenvalue weighted by Crippen LogP contribution is -2.44. The third-order valence-corrected chi connectivity index (χ3v) is 5.17. The minimum absolute atomic E-state index is 0. The fourth-order valence-electron chi connectivity index (χ4n) is 3.24. The Morgan fingerprint density at radius 3 is 2.52 bits per heavy atom. The number of rotatable bonds is 4. The molecule has 1 aliphatic heterocycles. The second kappa shape index (κ2) is 7.93. The van der Waals surface area contributed by atoms with E-state index in [1.807, 2.05) is 6.92 Å². The van der Waals surface area contributed by atoms with Crippen molar-refractivity contribution in [3.63, 3.8) is 0 Å². The zero-order valence-electron chi connectivity index (χ0n) is 14.9. The number of alkyl halides is 3. The molecule has 1 atom stereocenters. The van der Waals surface area contributed by atoms with E-state index in [1.54, 1.807) is 0 Å². The molecular formula is C17H22ClF3N4O2. The molecule has 1 unspecified atom stereocenters. The van der Waals surface area contributed by atoms with E-state index in [4.69, 9.17) is 4.42 Å². The number of aromatic nitrogens is 2. The number of H-pyrrole nitrogens is 1. The quantitative estimate of drug-likeness (QED) is 0.721. The normalized spacial score (nSPS) is 17.8. The third kappa shape index (κ3) is 4.65. The maximum atomic E-state index is 13.4. The Hall–Kier alpha value is -2.00. The molecule has 0 radical (unpaired) electrons. The number of hydrogen-bond donors (Lipinski definition) is 3. The van der Waals surface area contributed by atoms with Crippen LogP contribution in [0.4, 0.5) is 18.9 Å². The minimum Gasteiger partial charge on any atom is -0.388 e. The molecule has 150 valence electrons. The van der Waals surface area contributed by atoms with E-state index in [0.29, 0.717) is 5.56 Å². The maximum absolute atomic E-state index is 13.4. The van der Waals surface area contributed by atoms with Crippen LogP contribution < -0.4 is 16.4 Å². The van der Waals surface area contributed by atoms with Crippen molar-refractivity contribution < 1.29 is 17.6 Å². The van der Waals surface area contributed by atoms with E-state index in [0.717, 1.165) is 32.0 Å². The molecule has 1 aromatic carbocycles. The summed E-state index contributed by atoms with van der Waals surface area (Å²) in [5.41, 5.74) is -0.638. The first-order valence-corrected chi connectivity index (χ1v) is 8.43. The summed E-state index contributed by atoms with van der Waals surface area (Å²) in [6.07, 6.45) is -2.76. The van der Waals surface area contributed by atoms with Crippen LogP contribution in [0.3, 0.4) is 0 Å². The van der Waals surface area contributed by atoms with Crippen LogP contribution in [-0.2, 0) is 6.18 Å². The fraction of sp³-hybridized carbons (Fsp3) is 0.529. The van der Waals surface area contributed by atoms with E-state index >= 15 is 0 Å². The Morgan fingerprint density at radius 1 is 1.30 bits per heavy atom. The second-order valence-corrected chi connectivity index (χ2v) is 6.95. The Morgan fingerprint density at radius 2 is 1.96 bits per heavy atom. The number of hydrogen-bond acceptors (Lipinski definition) is 5. The fourth-order valence-corrected chi connectivity index (χ4v) is 3.24. The van der Waals surface area contributed by atoms with Crippen molar-refractivity contribution in [1.29, 1.82) is 0 Å². The molecule has 2 aromatic rings. The van der Waals surface area contributed by atoms with Crippen LogP contribution in [0, 0.1) is 5.41 Å². The summed E-state index contributed by atoms with van der Waals surface area (Å²) >= 11 is 0. The summed E-state index contributed by atoms with van der Waals surface area (Å²) in [6.45, 7) is 5.66. The van der Waals surface area contributed by atoms with Crippen LogP contribution >= 0.6 is 12.4 Å². The van der Waals surface area contributed by atoms with E-state index < -0.39 is 17.5 Å². The summed E-state index contributed by atoms with van der Waals surface area (Å²) in [6, 6.07) is 3.36. The smallest absolute Gasteiger partial charge is 0.388 e. The van der Waals surface area contributed by atoms with Gasteiger partial charge in [0.2, 0.25) is 5.89 Å². The van der Waals surface area contributed by atoms with Crippen molar-refractivity contribution in [2.45, 2.75) is 38.9 Å². The zero-order chi connectivity index (χ0) is 18.9. The molecule has 27 heavy (non-hydrogen) atoms. The van der Waals surface area contributed by atoms with Crippen LogP contribution in [-0.4, -0.2) is 29.3 Å². The van der Waals surface area contributed by atoms with Crippen LogP contribution in [0.25, 0.3) is 11.5 Å². The number of halogens is 4. The molecule has 2 heterocycles. The van der Waals surface area contributed by atoms with Crippen LogP contribution in [0.5, 0.6) is 0 Å². The Bertz CT molecular complexity index is 828. The average molecular weight is 407 g/mol. The standard InChI is InChI=1S/C17H21F3N4O2.ClH/c1-10(16(2)5-7-21-8-6-16)22-13-9-11(14-23-24-15(25)26-14)3-4-12(13)17(18,19)20;/h3-4,9-10,21-22H,5-8H2,1-2H3,(H,24,25);1H. The average Bonchev–Trinajstić information content (AvgIpc) is 3.01. The summed E-state index contributed by atoms with van der Waals surface area (Å²) in [5, 5.41) is 12.1. The molecule has 1 aliphatic rings. The van der Waals surface area contributed by atoms with Gasteiger partial charge >= 0.3 is 11.9 Å². The van der Waals surface area contributed by atoms with Crippen LogP contribution in [0.1, 0.15) is 32.3 Å². The lowest BCUT2D eigenvalue weighted by atomic mass is 9.75. The van der Waals surface area contributed by atoms with E-state index in [2.05, 4.69) is 27.8 Å². The van der Waals surface area contributed by atoms with E-state index in [-0.39, 0.29) is 35.4 Å². The number of nitrogens with one attached hydrogen (secondary N) is 3. The van der Waals surface area contributed by atoms with Crippen molar-refractivity contribution >= 4 is 18.1 Å². The number of benzene rings is 1. The first-order valence-electron chi connectivity index (χ1n) is 8.43. The number of aromatic amines is 1.